The largest absolute Gasteiger partial charge is 0.357 e. The first-order valence-electron chi connectivity index (χ1n) is 6.27. The molecule has 0 unspecified atom stereocenters. The molecule has 1 saturated heterocycles. The van der Waals surface area contributed by atoms with Crippen LogP contribution in [0.2, 0.25) is 0 Å². The molecule has 0 saturated carbocycles. The normalized spacial score (nSPS) is 15.3. The van der Waals surface area contributed by atoms with Crippen LogP contribution >= 0.6 is 12.4 Å². The van der Waals surface area contributed by atoms with Gasteiger partial charge in [-0.1, -0.05) is 12.8 Å². The number of hydrogen-bond acceptors (Lipinski definition) is 3. The van der Waals surface area contributed by atoms with E-state index in [1.807, 2.05) is 0 Å². The summed E-state index contributed by atoms with van der Waals surface area (Å²) >= 11 is 0. The van der Waals surface area contributed by atoms with Gasteiger partial charge in [0.05, 0.1) is 4.92 Å². The lowest BCUT2D eigenvalue weighted by atomic mass is 10.1. The molecule has 0 aliphatic carbocycles. The summed E-state index contributed by atoms with van der Waals surface area (Å²) < 4.78 is 0. The van der Waals surface area contributed by atoms with Gasteiger partial charge in [-0.05, 0) is 25.0 Å². The molecule has 0 aromatic heterocycles. The molecule has 0 radical (unpaired) electrons. The first kappa shape index (κ1) is 15.4. The fraction of sp³-hybridized carbons (Fsp3) is 0.462. The van der Waals surface area contributed by atoms with Gasteiger partial charge in [0.2, 0.25) is 0 Å². The summed E-state index contributed by atoms with van der Waals surface area (Å²) in [5.74, 6) is 0.479. The van der Waals surface area contributed by atoms with E-state index in [1.165, 1.54) is 25.0 Å². The SMILES string of the molecule is Cl.N=C(c1ccc([N+](=O)[O-])cc1)N1CCCCCC1. The lowest BCUT2D eigenvalue weighted by Crippen LogP contribution is -2.31. The average Bonchev–Trinajstić information content (AvgIpc) is 2.67. The number of nitrogens with one attached hydrogen (secondary N) is 1. The highest BCUT2D eigenvalue weighted by molar-refractivity contribution is 5.96. The topological polar surface area (TPSA) is 70.2 Å². The van der Waals surface area contributed by atoms with Crippen LogP contribution in [-0.4, -0.2) is 28.7 Å². The molecule has 0 amide bonds. The van der Waals surface area contributed by atoms with Gasteiger partial charge in [-0.25, -0.2) is 0 Å². The fourth-order valence-electron chi connectivity index (χ4n) is 2.22. The van der Waals surface area contributed by atoms with Crippen molar-refractivity contribution < 1.29 is 4.92 Å². The molecule has 1 aliphatic rings. The van der Waals surface area contributed by atoms with E-state index in [4.69, 9.17) is 5.41 Å². The van der Waals surface area contributed by atoms with E-state index in [0.717, 1.165) is 31.5 Å². The molecule has 19 heavy (non-hydrogen) atoms. The molecular formula is C13H18ClN3O2. The van der Waals surface area contributed by atoms with Crippen molar-refractivity contribution in [3.05, 3.63) is 39.9 Å². The number of hydrogen-bond donors (Lipinski definition) is 1. The highest BCUT2D eigenvalue weighted by Gasteiger charge is 2.14. The molecule has 0 spiro atoms. The standard InChI is InChI=1S/C13H17N3O2.ClH/c14-13(15-9-3-1-2-4-10-15)11-5-7-12(8-6-11)16(17)18;/h5-8,14H,1-4,9-10H2;1H. The van der Waals surface area contributed by atoms with Crippen LogP contribution in [0.15, 0.2) is 24.3 Å². The Morgan fingerprint density at radius 1 is 1.11 bits per heavy atom. The number of non-ortho nitro benzene ring substituents is 1. The highest BCUT2D eigenvalue weighted by atomic mass is 35.5. The molecule has 1 heterocycles. The second kappa shape index (κ2) is 7.09. The van der Waals surface area contributed by atoms with Crippen molar-refractivity contribution in [1.82, 2.24) is 4.90 Å². The van der Waals surface area contributed by atoms with Crippen molar-refractivity contribution in [3.8, 4) is 0 Å². The fourth-order valence-corrected chi connectivity index (χ4v) is 2.22. The number of likely N-dealkylation sites (tertiary alicyclic amines) is 1. The molecule has 2 rings (SSSR count). The van der Waals surface area contributed by atoms with Gasteiger partial charge in [0.1, 0.15) is 5.84 Å². The summed E-state index contributed by atoms with van der Waals surface area (Å²) in [7, 11) is 0. The van der Waals surface area contributed by atoms with E-state index in [-0.39, 0.29) is 18.1 Å². The van der Waals surface area contributed by atoms with Crippen LogP contribution in [0, 0.1) is 15.5 Å². The van der Waals surface area contributed by atoms with E-state index in [1.54, 1.807) is 12.1 Å². The van der Waals surface area contributed by atoms with E-state index in [0.29, 0.717) is 5.84 Å². The molecule has 6 heteroatoms. The van der Waals surface area contributed by atoms with E-state index in [2.05, 4.69) is 4.90 Å². The minimum Gasteiger partial charge on any atom is -0.357 e. The van der Waals surface area contributed by atoms with Gasteiger partial charge in [0.15, 0.2) is 0 Å². The Hall–Kier alpha value is -1.62. The second-order valence-corrected chi connectivity index (χ2v) is 4.55. The van der Waals surface area contributed by atoms with Gasteiger partial charge in [0, 0.05) is 30.8 Å². The van der Waals surface area contributed by atoms with Crippen molar-refractivity contribution in [2.45, 2.75) is 25.7 Å². The van der Waals surface area contributed by atoms with Crippen LogP contribution in [0.25, 0.3) is 0 Å². The molecule has 1 aromatic carbocycles. The number of nitro groups is 1. The van der Waals surface area contributed by atoms with Gasteiger partial charge in [0.25, 0.3) is 5.69 Å². The maximum absolute atomic E-state index is 10.6. The zero-order valence-corrected chi connectivity index (χ0v) is 11.5. The van der Waals surface area contributed by atoms with Crippen molar-refractivity contribution in [3.63, 3.8) is 0 Å². The average molecular weight is 284 g/mol. The lowest BCUT2D eigenvalue weighted by molar-refractivity contribution is -0.384. The van der Waals surface area contributed by atoms with Crippen molar-refractivity contribution >= 4 is 23.9 Å². The third kappa shape index (κ3) is 3.92. The molecule has 0 atom stereocenters. The first-order valence-corrected chi connectivity index (χ1v) is 6.27. The number of nitro benzene ring substituents is 1. The summed E-state index contributed by atoms with van der Waals surface area (Å²) in [5.41, 5.74) is 0.824. The Morgan fingerprint density at radius 2 is 1.63 bits per heavy atom. The Morgan fingerprint density at radius 3 is 2.11 bits per heavy atom. The number of halogens is 1. The van der Waals surface area contributed by atoms with Crippen molar-refractivity contribution in [2.75, 3.05) is 13.1 Å². The van der Waals surface area contributed by atoms with Crippen LogP contribution in [0.3, 0.4) is 0 Å². The minimum atomic E-state index is -0.417. The summed E-state index contributed by atoms with van der Waals surface area (Å²) in [5, 5.41) is 18.7. The van der Waals surface area contributed by atoms with Gasteiger partial charge in [-0.3, -0.25) is 15.5 Å². The summed E-state index contributed by atoms with van der Waals surface area (Å²) in [6.07, 6.45) is 4.69. The summed E-state index contributed by atoms with van der Waals surface area (Å²) in [4.78, 5) is 12.2. The predicted molar refractivity (Wildman–Crippen MR) is 77.2 cm³/mol. The summed E-state index contributed by atoms with van der Waals surface area (Å²) in [6.45, 7) is 1.83. The van der Waals surface area contributed by atoms with Crippen LogP contribution in [0.4, 0.5) is 5.69 Å². The zero-order valence-electron chi connectivity index (χ0n) is 10.7. The predicted octanol–water partition coefficient (Wildman–Crippen LogP) is 3.22. The zero-order chi connectivity index (χ0) is 13.0. The summed E-state index contributed by atoms with van der Waals surface area (Å²) in [6, 6.07) is 6.24. The molecule has 1 aromatic rings. The third-order valence-corrected chi connectivity index (χ3v) is 3.27. The number of benzene rings is 1. The minimum absolute atomic E-state index is 0. The molecule has 104 valence electrons. The lowest BCUT2D eigenvalue weighted by Gasteiger charge is -2.23. The third-order valence-electron chi connectivity index (χ3n) is 3.27. The van der Waals surface area contributed by atoms with Crippen molar-refractivity contribution in [1.29, 1.82) is 5.41 Å². The highest BCUT2D eigenvalue weighted by Crippen LogP contribution is 2.16. The smallest absolute Gasteiger partial charge is 0.269 e. The molecule has 1 aliphatic heterocycles. The molecule has 5 nitrogen and oxygen atoms in total. The molecule has 1 fully saturated rings. The Kier molecular flexibility index (Phi) is 5.76. The Bertz CT molecular complexity index is 440. The Labute approximate surface area is 118 Å². The number of amidine groups is 1. The van der Waals surface area contributed by atoms with Gasteiger partial charge in [-0.15, -0.1) is 12.4 Å². The van der Waals surface area contributed by atoms with E-state index in [9.17, 15) is 10.1 Å². The number of nitrogens with zero attached hydrogens (tertiary/aromatic N) is 2. The first-order chi connectivity index (χ1) is 8.68. The Balaban J connectivity index is 0.00000180. The van der Waals surface area contributed by atoms with Gasteiger partial charge < -0.3 is 4.90 Å². The maximum atomic E-state index is 10.6. The monoisotopic (exact) mass is 283 g/mol. The quantitative estimate of drug-likeness (QED) is 0.392. The van der Waals surface area contributed by atoms with Gasteiger partial charge in [-0.2, -0.15) is 0 Å². The maximum Gasteiger partial charge on any atom is 0.269 e. The van der Waals surface area contributed by atoms with Crippen LogP contribution in [0.1, 0.15) is 31.2 Å². The van der Waals surface area contributed by atoms with Crippen LogP contribution < -0.4 is 0 Å². The van der Waals surface area contributed by atoms with Crippen LogP contribution in [-0.2, 0) is 0 Å². The molecule has 1 N–H and O–H groups in total. The van der Waals surface area contributed by atoms with Gasteiger partial charge >= 0.3 is 0 Å². The van der Waals surface area contributed by atoms with Crippen molar-refractivity contribution in [2.24, 2.45) is 0 Å². The molecular weight excluding hydrogens is 266 g/mol. The molecule has 0 bridgehead atoms. The second-order valence-electron chi connectivity index (χ2n) is 4.55. The van der Waals surface area contributed by atoms with Crippen LogP contribution in [0.5, 0.6) is 0 Å². The van der Waals surface area contributed by atoms with E-state index >= 15 is 0 Å². The number of rotatable bonds is 2. The van der Waals surface area contributed by atoms with E-state index < -0.39 is 4.92 Å².